The first-order valence-corrected chi connectivity index (χ1v) is 6.93. The molecule has 4 rings (SSSR count). The number of anilines is 3. The summed E-state index contributed by atoms with van der Waals surface area (Å²) >= 11 is 0. The lowest BCUT2D eigenvalue weighted by molar-refractivity contribution is 0.628. The minimum absolute atomic E-state index is 0.221. The lowest BCUT2D eigenvalue weighted by atomic mass is 10.1. The van der Waals surface area contributed by atoms with Gasteiger partial charge in [0.25, 0.3) is 0 Å². The highest BCUT2D eigenvalue weighted by molar-refractivity contribution is 5.98. The lowest BCUT2D eigenvalue weighted by Crippen LogP contribution is -2.15. The molecule has 1 aliphatic rings. The molecule has 0 radical (unpaired) electrons. The molecule has 0 unspecified atom stereocenters. The number of rotatable bonds is 1. The van der Waals surface area contributed by atoms with E-state index in [0.29, 0.717) is 5.69 Å². The van der Waals surface area contributed by atoms with Crippen LogP contribution in [0.4, 0.5) is 21.5 Å². The van der Waals surface area contributed by atoms with Crippen LogP contribution in [0, 0.1) is 5.82 Å². The molecule has 3 aromatic rings. The number of aromatic nitrogens is 1. The van der Waals surface area contributed by atoms with Crippen molar-refractivity contribution in [3.63, 3.8) is 0 Å². The van der Waals surface area contributed by atoms with Crippen LogP contribution in [-0.4, -0.2) is 11.5 Å². The maximum atomic E-state index is 13.5. The molecule has 1 aromatic heterocycles. The summed E-state index contributed by atoms with van der Waals surface area (Å²) < 4.78 is 13.5. The van der Waals surface area contributed by atoms with Crippen molar-refractivity contribution >= 4 is 28.0 Å². The number of benzene rings is 2. The van der Waals surface area contributed by atoms with E-state index in [1.165, 1.54) is 6.07 Å². The Bertz CT molecular complexity index is 845. The van der Waals surface area contributed by atoms with E-state index < -0.39 is 0 Å². The zero-order valence-electron chi connectivity index (χ0n) is 11.4. The zero-order valence-corrected chi connectivity index (χ0v) is 11.4. The normalized spacial score (nSPS) is 13.7. The van der Waals surface area contributed by atoms with Gasteiger partial charge in [0.15, 0.2) is 0 Å². The fourth-order valence-electron chi connectivity index (χ4n) is 3.00. The Labute approximate surface area is 121 Å². The lowest BCUT2D eigenvalue weighted by Gasteiger charge is -2.22. The first-order valence-electron chi connectivity index (χ1n) is 6.93. The molecular formula is C17H14FN3. The van der Waals surface area contributed by atoms with E-state index in [9.17, 15) is 4.39 Å². The van der Waals surface area contributed by atoms with Gasteiger partial charge in [-0.2, -0.15) is 0 Å². The van der Waals surface area contributed by atoms with Gasteiger partial charge in [0.2, 0.25) is 0 Å². The molecule has 2 aromatic carbocycles. The molecule has 4 heteroatoms. The van der Waals surface area contributed by atoms with Crippen molar-refractivity contribution in [2.45, 2.75) is 6.42 Å². The Morgan fingerprint density at radius 2 is 2.00 bits per heavy atom. The second kappa shape index (κ2) is 4.45. The number of nitrogens with zero attached hydrogens (tertiary/aromatic N) is 2. The summed E-state index contributed by atoms with van der Waals surface area (Å²) in [7, 11) is 0. The average Bonchev–Trinajstić information content (AvgIpc) is 2.91. The van der Waals surface area contributed by atoms with E-state index in [1.54, 1.807) is 12.3 Å². The first kappa shape index (κ1) is 12.1. The van der Waals surface area contributed by atoms with Gasteiger partial charge in [0.05, 0.1) is 16.9 Å². The fourth-order valence-corrected chi connectivity index (χ4v) is 3.00. The molecule has 0 atom stereocenters. The maximum absolute atomic E-state index is 13.5. The van der Waals surface area contributed by atoms with E-state index in [0.717, 1.165) is 40.8 Å². The van der Waals surface area contributed by atoms with Gasteiger partial charge in [-0.3, -0.25) is 4.98 Å². The van der Waals surface area contributed by atoms with Crippen LogP contribution < -0.4 is 10.6 Å². The van der Waals surface area contributed by atoms with Gasteiger partial charge < -0.3 is 10.6 Å². The number of nitrogen functional groups attached to an aromatic ring is 1. The summed E-state index contributed by atoms with van der Waals surface area (Å²) in [4.78, 5) is 6.39. The van der Waals surface area contributed by atoms with Gasteiger partial charge in [0.1, 0.15) is 5.82 Å². The first-order chi connectivity index (χ1) is 10.2. The Morgan fingerprint density at radius 3 is 2.90 bits per heavy atom. The second-order valence-electron chi connectivity index (χ2n) is 5.24. The molecule has 2 heterocycles. The van der Waals surface area contributed by atoms with Gasteiger partial charge in [-0.15, -0.1) is 0 Å². The van der Waals surface area contributed by atoms with Gasteiger partial charge >= 0.3 is 0 Å². The molecule has 0 saturated carbocycles. The van der Waals surface area contributed by atoms with E-state index in [-0.39, 0.29) is 5.82 Å². The summed E-state index contributed by atoms with van der Waals surface area (Å²) in [6.07, 6.45) is 2.65. The quantitative estimate of drug-likeness (QED) is 0.691. The van der Waals surface area contributed by atoms with Crippen molar-refractivity contribution in [3.8, 4) is 0 Å². The number of hydrogen-bond acceptors (Lipinski definition) is 3. The standard InChI is InChI=1S/C17H14FN3/c18-12-4-3-11-7-9-21(16(11)10-12)15-6-5-14-13(17(15)19)2-1-8-20-14/h1-6,8,10H,7,9,19H2. The fraction of sp³-hybridized carbons (Fsp3) is 0.118. The molecule has 104 valence electrons. The second-order valence-corrected chi connectivity index (χ2v) is 5.24. The van der Waals surface area contributed by atoms with Crippen molar-refractivity contribution in [2.75, 3.05) is 17.2 Å². The third kappa shape index (κ3) is 1.83. The van der Waals surface area contributed by atoms with Crippen LogP contribution in [0.5, 0.6) is 0 Å². The summed E-state index contributed by atoms with van der Waals surface area (Å²) in [5.41, 5.74) is 10.9. The topological polar surface area (TPSA) is 42.1 Å². The molecule has 0 aliphatic carbocycles. The summed E-state index contributed by atoms with van der Waals surface area (Å²) in [6.45, 7) is 0.814. The van der Waals surface area contributed by atoms with E-state index in [2.05, 4.69) is 9.88 Å². The van der Waals surface area contributed by atoms with E-state index in [4.69, 9.17) is 5.73 Å². The summed E-state index contributed by atoms with van der Waals surface area (Å²) in [5.74, 6) is -0.221. The molecule has 3 nitrogen and oxygen atoms in total. The Morgan fingerprint density at radius 1 is 1.10 bits per heavy atom. The van der Waals surface area contributed by atoms with Crippen LogP contribution in [0.3, 0.4) is 0 Å². The number of nitrogens with two attached hydrogens (primary N) is 1. The monoisotopic (exact) mass is 279 g/mol. The molecule has 2 N–H and O–H groups in total. The highest BCUT2D eigenvalue weighted by atomic mass is 19.1. The SMILES string of the molecule is Nc1c(N2CCc3ccc(F)cc32)ccc2ncccc12. The molecule has 0 saturated heterocycles. The zero-order chi connectivity index (χ0) is 14.4. The van der Waals surface area contributed by atoms with Crippen molar-refractivity contribution in [1.82, 2.24) is 4.98 Å². The number of hydrogen-bond donors (Lipinski definition) is 1. The molecule has 0 fully saturated rings. The molecule has 21 heavy (non-hydrogen) atoms. The van der Waals surface area contributed by atoms with Gasteiger partial charge in [-0.05, 0) is 48.4 Å². The van der Waals surface area contributed by atoms with Crippen LogP contribution in [0.1, 0.15) is 5.56 Å². The molecule has 0 spiro atoms. The van der Waals surface area contributed by atoms with Crippen LogP contribution in [0.25, 0.3) is 10.9 Å². The van der Waals surface area contributed by atoms with Crippen molar-refractivity contribution in [2.24, 2.45) is 0 Å². The predicted molar refractivity (Wildman–Crippen MR) is 83.3 cm³/mol. The van der Waals surface area contributed by atoms with Gasteiger partial charge in [-0.1, -0.05) is 6.07 Å². The van der Waals surface area contributed by atoms with Crippen molar-refractivity contribution in [1.29, 1.82) is 0 Å². The van der Waals surface area contributed by atoms with Crippen molar-refractivity contribution < 1.29 is 4.39 Å². The minimum atomic E-state index is -0.221. The highest BCUT2D eigenvalue weighted by Crippen LogP contribution is 2.39. The summed E-state index contributed by atoms with van der Waals surface area (Å²) in [5, 5.41) is 0.930. The highest BCUT2D eigenvalue weighted by Gasteiger charge is 2.23. The maximum Gasteiger partial charge on any atom is 0.125 e. The van der Waals surface area contributed by atoms with Gasteiger partial charge in [0, 0.05) is 23.8 Å². The molecule has 1 aliphatic heterocycles. The molecule has 0 bridgehead atoms. The number of fused-ring (bicyclic) bond motifs is 2. The van der Waals surface area contributed by atoms with Crippen LogP contribution in [-0.2, 0) is 6.42 Å². The smallest absolute Gasteiger partial charge is 0.125 e. The summed E-state index contributed by atoms with van der Waals surface area (Å²) in [6, 6.07) is 12.7. The number of halogens is 1. The number of pyridine rings is 1. The van der Waals surface area contributed by atoms with Crippen LogP contribution >= 0.6 is 0 Å². The van der Waals surface area contributed by atoms with E-state index in [1.807, 2.05) is 30.3 Å². The minimum Gasteiger partial charge on any atom is -0.396 e. The average molecular weight is 279 g/mol. The van der Waals surface area contributed by atoms with Gasteiger partial charge in [-0.25, -0.2) is 4.39 Å². The largest absolute Gasteiger partial charge is 0.396 e. The third-order valence-electron chi connectivity index (χ3n) is 4.04. The van der Waals surface area contributed by atoms with Crippen molar-refractivity contribution in [3.05, 3.63) is 60.0 Å². The van der Waals surface area contributed by atoms with Crippen LogP contribution in [0.2, 0.25) is 0 Å². The Balaban J connectivity index is 1.89. The third-order valence-corrected chi connectivity index (χ3v) is 4.04. The van der Waals surface area contributed by atoms with E-state index >= 15 is 0 Å². The Kier molecular flexibility index (Phi) is 2.57. The van der Waals surface area contributed by atoms with Crippen LogP contribution in [0.15, 0.2) is 48.7 Å². The molecule has 0 amide bonds. The molecular weight excluding hydrogens is 265 g/mol. The predicted octanol–water partition coefficient (Wildman–Crippen LogP) is 3.65. The Hall–Kier alpha value is -2.62.